The molecule has 0 aliphatic carbocycles. The molecule has 0 N–H and O–H groups in total. The van der Waals surface area contributed by atoms with E-state index in [0.717, 1.165) is 12.0 Å². The molecule has 1 aliphatic rings. The number of esters is 1. The number of ether oxygens (including phenoxy) is 1. The molecule has 0 atom stereocenters. The predicted octanol–water partition coefficient (Wildman–Crippen LogP) is 1.52. The second-order valence-corrected chi connectivity index (χ2v) is 6.69. The van der Waals surface area contributed by atoms with Crippen molar-refractivity contribution < 1.29 is 14.3 Å². The lowest BCUT2D eigenvalue weighted by atomic mass is 10.00. The van der Waals surface area contributed by atoms with E-state index in [1.54, 1.807) is 29.2 Å². The van der Waals surface area contributed by atoms with Gasteiger partial charge in [0, 0.05) is 13.1 Å². The van der Waals surface area contributed by atoms with Crippen molar-refractivity contribution in [2.45, 2.75) is 19.5 Å². The highest BCUT2D eigenvalue weighted by atomic mass is 16.5. The van der Waals surface area contributed by atoms with Gasteiger partial charge in [0.25, 0.3) is 11.5 Å². The quantitative estimate of drug-likeness (QED) is 0.644. The molecule has 7 nitrogen and oxygen atoms in total. The van der Waals surface area contributed by atoms with Crippen LogP contribution in [0, 0.1) is 0 Å². The summed E-state index contributed by atoms with van der Waals surface area (Å²) in [5.41, 5.74) is 2.60. The lowest BCUT2D eigenvalue weighted by molar-refractivity contribution is -0.153. The molecule has 1 amide bonds. The Balaban J connectivity index is 1.35. The van der Waals surface area contributed by atoms with Crippen LogP contribution >= 0.6 is 0 Å². The third kappa shape index (κ3) is 3.64. The van der Waals surface area contributed by atoms with Crippen molar-refractivity contribution in [1.82, 2.24) is 14.5 Å². The van der Waals surface area contributed by atoms with Gasteiger partial charge in [-0.3, -0.25) is 19.0 Å². The maximum absolute atomic E-state index is 12.4. The lowest BCUT2D eigenvalue weighted by Gasteiger charge is -2.28. The Labute approximate surface area is 161 Å². The van der Waals surface area contributed by atoms with Crippen molar-refractivity contribution in [3.8, 4) is 0 Å². The first-order valence-electron chi connectivity index (χ1n) is 9.06. The molecule has 0 fully saturated rings. The number of nitrogens with zero attached hydrogens (tertiary/aromatic N) is 3. The summed E-state index contributed by atoms with van der Waals surface area (Å²) in [6.07, 6.45) is 2.10. The standard InChI is InChI=1S/C21H19N3O4/c25-19(23-10-9-15-5-1-2-6-16(15)11-23)13-28-20(26)12-24-14-22-18-8-4-3-7-17(18)21(24)27/h1-8,14H,9-13H2. The number of fused-ring (bicyclic) bond motifs is 2. The molecular weight excluding hydrogens is 358 g/mol. The lowest BCUT2D eigenvalue weighted by Crippen LogP contribution is -2.39. The monoisotopic (exact) mass is 377 g/mol. The zero-order chi connectivity index (χ0) is 19.5. The first kappa shape index (κ1) is 17.9. The van der Waals surface area contributed by atoms with Crippen LogP contribution in [0.1, 0.15) is 11.1 Å². The Kier molecular flexibility index (Phi) is 4.89. The van der Waals surface area contributed by atoms with Crippen molar-refractivity contribution >= 4 is 22.8 Å². The maximum Gasteiger partial charge on any atom is 0.326 e. The van der Waals surface area contributed by atoms with E-state index in [0.29, 0.717) is 24.0 Å². The highest BCUT2D eigenvalue weighted by Crippen LogP contribution is 2.18. The van der Waals surface area contributed by atoms with E-state index in [-0.39, 0.29) is 24.6 Å². The molecule has 2 heterocycles. The summed E-state index contributed by atoms with van der Waals surface area (Å²) >= 11 is 0. The summed E-state index contributed by atoms with van der Waals surface area (Å²) in [6.45, 7) is 0.492. The summed E-state index contributed by atoms with van der Waals surface area (Å²) < 4.78 is 6.29. The third-order valence-corrected chi connectivity index (χ3v) is 4.87. The van der Waals surface area contributed by atoms with Crippen LogP contribution < -0.4 is 5.56 Å². The van der Waals surface area contributed by atoms with Gasteiger partial charge < -0.3 is 9.64 Å². The normalized spacial score (nSPS) is 13.2. The molecule has 1 aromatic heterocycles. The average Bonchev–Trinajstić information content (AvgIpc) is 2.74. The van der Waals surface area contributed by atoms with Crippen LogP contribution in [0.3, 0.4) is 0 Å². The number of para-hydroxylation sites is 1. The molecule has 0 bridgehead atoms. The summed E-state index contributed by atoms with van der Waals surface area (Å²) in [7, 11) is 0. The Morgan fingerprint density at radius 1 is 1.04 bits per heavy atom. The zero-order valence-corrected chi connectivity index (χ0v) is 15.2. The van der Waals surface area contributed by atoms with Gasteiger partial charge in [0.1, 0.15) is 6.54 Å². The molecule has 0 radical (unpaired) electrons. The summed E-state index contributed by atoms with van der Waals surface area (Å²) in [4.78, 5) is 42.7. The minimum Gasteiger partial charge on any atom is -0.454 e. The number of carbonyl (C=O) groups excluding carboxylic acids is 2. The SMILES string of the molecule is O=C(Cn1cnc2ccccc2c1=O)OCC(=O)N1CCc2ccccc2C1. The second kappa shape index (κ2) is 7.64. The molecule has 2 aromatic carbocycles. The predicted molar refractivity (Wildman–Crippen MR) is 103 cm³/mol. The van der Waals surface area contributed by atoms with Gasteiger partial charge >= 0.3 is 5.97 Å². The number of amides is 1. The first-order chi connectivity index (χ1) is 13.6. The Morgan fingerprint density at radius 3 is 2.64 bits per heavy atom. The molecule has 3 aromatic rings. The molecule has 0 saturated carbocycles. The zero-order valence-electron chi connectivity index (χ0n) is 15.2. The fraction of sp³-hybridized carbons (Fsp3) is 0.238. The molecular formula is C21H19N3O4. The van der Waals surface area contributed by atoms with Gasteiger partial charge in [-0.15, -0.1) is 0 Å². The van der Waals surface area contributed by atoms with Gasteiger partial charge in [0.05, 0.1) is 17.2 Å². The van der Waals surface area contributed by atoms with E-state index in [2.05, 4.69) is 11.1 Å². The highest BCUT2D eigenvalue weighted by Gasteiger charge is 2.21. The van der Waals surface area contributed by atoms with Crippen LogP contribution in [-0.4, -0.2) is 39.5 Å². The average molecular weight is 377 g/mol. The van der Waals surface area contributed by atoms with E-state index >= 15 is 0 Å². The number of benzene rings is 2. The Hall–Kier alpha value is -3.48. The molecule has 4 rings (SSSR count). The van der Waals surface area contributed by atoms with Gasteiger partial charge in [-0.1, -0.05) is 36.4 Å². The second-order valence-electron chi connectivity index (χ2n) is 6.69. The molecule has 1 aliphatic heterocycles. The Morgan fingerprint density at radius 2 is 1.79 bits per heavy atom. The molecule has 7 heteroatoms. The van der Waals surface area contributed by atoms with Crippen molar-refractivity contribution in [1.29, 1.82) is 0 Å². The van der Waals surface area contributed by atoms with Crippen LogP contribution in [0.5, 0.6) is 0 Å². The number of rotatable bonds is 4. The fourth-order valence-corrected chi connectivity index (χ4v) is 3.35. The topological polar surface area (TPSA) is 81.5 Å². The Bertz CT molecular complexity index is 1110. The first-order valence-corrected chi connectivity index (χ1v) is 9.06. The number of hydrogen-bond acceptors (Lipinski definition) is 5. The summed E-state index contributed by atoms with van der Waals surface area (Å²) in [5, 5.41) is 0.431. The summed E-state index contributed by atoms with van der Waals surface area (Å²) in [5.74, 6) is -0.892. The van der Waals surface area contributed by atoms with Gasteiger partial charge in [0.15, 0.2) is 6.61 Å². The van der Waals surface area contributed by atoms with E-state index in [1.807, 2.05) is 18.2 Å². The van der Waals surface area contributed by atoms with Crippen molar-refractivity contribution in [3.63, 3.8) is 0 Å². The molecule has 0 spiro atoms. The summed E-state index contributed by atoms with van der Waals surface area (Å²) in [6, 6.07) is 14.9. The van der Waals surface area contributed by atoms with Crippen molar-refractivity contribution in [2.75, 3.05) is 13.2 Å². The van der Waals surface area contributed by atoms with E-state index in [1.165, 1.54) is 16.5 Å². The molecule has 28 heavy (non-hydrogen) atoms. The van der Waals surface area contributed by atoms with Crippen LogP contribution in [0.25, 0.3) is 10.9 Å². The third-order valence-electron chi connectivity index (χ3n) is 4.87. The maximum atomic E-state index is 12.4. The minimum absolute atomic E-state index is 0.244. The van der Waals surface area contributed by atoms with E-state index < -0.39 is 5.97 Å². The smallest absolute Gasteiger partial charge is 0.326 e. The molecule has 0 unspecified atom stereocenters. The fourth-order valence-electron chi connectivity index (χ4n) is 3.35. The number of hydrogen-bond donors (Lipinski definition) is 0. The van der Waals surface area contributed by atoms with Crippen molar-refractivity contribution in [3.05, 3.63) is 76.3 Å². The van der Waals surface area contributed by atoms with Gasteiger partial charge in [0.2, 0.25) is 0 Å². The van der Waals surface area contributed by atoms with Gasteiger partial charge in [-0.2, -0.15) is 0 Å². The van der Waals surface area contributed by atoms with E-state index in [4.69, 9.17) is 4.74 Å². The van der Waals surface area contributed by atoms with Crippen LogP contribution in [0.15, 0.2) is 59.7 Å². The van der Waals surface area contributed by atoms with E-state index in [9.17, 15) is 14.4 Å². The van der Waals surface area contributed by atoms with Crippen molar-refractivity contribution in [2.24, 2.45) is 0 Å². The van der Waals surface area contributed by atoms with Crippen LogP contribution in [0.4, 0.5) is 0 Å². The van der Waals surface area contributed by atoms with Crippen LogP contribution in [0.2, 0.25) is 0 Å². The number of carbonyl (C=O) groups is 2. The highest BCUT2D eigenvalue weighted by molar-refractivity contribution is 5.81. The molecule has 142 valence electrons. The largest absolute Gasteiger partial charge is 0.454 e. The van der Waals surface area contributed by atoms with Gasteiger partial charge in [-0.25, -0.2) is 4.98 Å². The minimum atomic E-state index is -0.648. The molecule has 0 saturated heterocycles. The van der Waals surface area contributed by atoms with Crippen LogP contribution in [-0.2, 0) is 33.8 Å². The van der Waals surface area contributed by atoms with Gasteiger partial charge in [-0.05, 0) is 29.7 Å². The number of aromatic nitrogens is 2.